The predicted octanol–water partition coefficient (Wildman–Crippen LogP) is 3.37. The molecule has 0 aromatic heterocycles. The molecule has 0 amide bonds. The second-order valence-electron chi connectivity index (χ2n) is 3.69. The van der Waals surface area contributed by atoms with Gasteiger partial charge in [-0.1, -0.05) is 22.8 Å². The second kappa shape index (κ2) is 5.58. The number of nitrogens with zero attached hydrogens (tertiary/aromatic N) is 1. The third kappa shape index (κ3) is 3.14. The van der Waals surface area contributed by atoms with Crippen LogP contribution in [0.5, 0.6) is 11.5 Å². The summed E-state index contributed by atoms with van der Waals surface area (Å²) in [6.45, 7) is 0. The molecule has 0 aliphatic heterocycles. The molecule has 0 saturated carbocycles. The molecular formula is C13H10ClFN2O2. The van der Waals surface area contributed by atoms with Gasteiger partial charge in [-0.05, 0) is 24.3 Å². The van der Waals surface area contributed by atoms with E-state index in [2.05, 4.69) is 5.16 Å². The van der Waals surface area contributed by atoms with Crippen molar-refractivity contribution in [2.45, 2.75) is 0 Å². The Morgan fingerprint density at radius 3 is 2.74 bits per heavy atom. The first-order valence-corrected chi connectivity index (χ1v) is 5.69. The minimum Gasteiger partial charge on any atom is -0.456 e. The summed E-state index contributed by atoms with van der Waals surface area (Å²) >= 11 is 5.86. The van der Waals surface area contributed by atoms with Gasteiger partial charge < -0.3 is 15.7 Å². The number of hydrogen-bond donors (Lipinski definition) is 2. The maximum Gasteiger partial charge on any atom is 0.173 e. The lowest BCUT2D eigenvalue weighted by Crippen LogP contribution is -2.14. The normalized spacial score (nSPS) is 11.4. The van der Waals surface area contributed by atoms with Crippen molar-refractivity contribution in [1.82, 2.24) is 0 Å². The molecule has 0 aliphatic rings. The van der Waals surface area contributed by atoms with Crippen molar-refractivity contribution in [3.8, 4) is 11.5 Å². The highest BCUT2D eigenvalue weighted by Crippen LogP contribution is 2.28. The maximum absolute atomic E-state index is 13.1. The highest BCUT2D eigenvalue weighted by atomic mass is 35.5. The van der Waals surface area contributed by atoms with E-state index >= 15 is 0 Å². The third-order valence-corrected chi connectivity index (χ3v) is 2.59. The van der Waals surface area contributed by atoms with Gasteiger partial charge in [0.15, 0.2) is 5.84 Å². The van der Waals surface area contributed by atoms with Crippen molar-refractivity contribution in [1.29, 1.82) is 0 Å². The van der Waals surface area contributed by atoms with Crippen LogP contribution in [0.1, 0.15) is 5.56 Å². The number of hydrogen-bond acceptors (Lipinski definition) is 3. The fourth-order valence-electron chi connectivity index (χ4n) is 1.50. The Kier molecular flexibility index (Phi) is 3.87. The quantitative estimate of drug-likeness (QED) is 0.392. The summed E-state index contributed by atoms with van der Waals surface area (Å²) < 4.78 is 18.6. The molecule has 0 bridgehead atoms. The number of ether oxygens (including phenoxy) is 1. The van der Waals surface area contributed by atoms with Crippen LogP contribution in [-0.2, 0) is 0 Å². The number of benzene rings is 2. The number of halogens is 2. The Labute approximate surface area is 113 Å². The SMILES string of the molecule is N/C(=N/O)c1ccc(Cl)cc1Oc1cccc(F)c1. The van der Waals surface area contributed by atoms with Crippen LogP contribution >= 0.6 is 11.6 Å². The summed E-state index contributed by atoms with van der Waals surface area (Å²) in [6, 6.07) is 10.2. The largest absolute Gasteiger partial charge is 0.456 e. The topological polar surface area (TPSA) is 67.8 Å². The van der Waals surface area contributed by atoms with Crippen molar-refractivity contribution in [3.63, 3.8) is 0 Å². The fraction of sp³-hybridized carbons (Fsp3) is 0. The van der Waals surface area contributed by atoms with Crippen molar-refractivity contribution < 1.29 is 14.3 Å². The van der Waals surface area contributed by atoms with E-state index in [9.17, 15) is 4.39 Å². The van der Waals surface area contributed by atoms with Crippen LogP contribution in [0, 0.1) is 5.82 Å². The number of rotatable bonds is 3. The molecule has 0 saturated heterocycles. The van der Waals surface area contributed by atoms with Gasteiger partial charge in [0.1, 0.15) is 17.3 Å². The second-order valence-corrected chi connectivity index (χ2v) is 4.12. The fourth-order valence-corrected chi connectivity index (χ4v) is 1.67. The van der Waals surface area contributed by atoms with E-state index in [0.717, 1.165) is 0 Å². The van der Waals surface area contributed by atoms with E-state index in [0.29, 0.717) is 10.6 Å². The molecule has 19 heavy (non-hydrogen) atoms. The van der Waals surface area contributed by atoms with Gasteiger partial charge in [0.05, 0.1) is 5.56 Å². The number of amidine groups is 1. The van der Waals surface area contributed by atoms with Gasteiger partial charge in [-0.25, -0.2) is 4.39 Å². The summed E-state index contributed by atoms with van der Waals surface area (Å²) in [5, 5.41) is 12.0. The lowest BCUT2D eigenvalue weighted by atomic mass is 10.2. The molecule has 0 aliphatic carbocycles. The first-order chi connectivity index (χ1) is 9.10. The average Bonchev–Trinajstić information content (AvgIpc) is 2.38. The molecule has 2 rings (SSSR count). The van der Waals surface area contributed by atoms with E-state index in [1.165, 1.54) is 24.3 Å². The lowest BCUT2D eigenvalue weighted by Gasteiger charge is -2.10. The molecule has 0 fully saturated rings. The van der Waals surface area contributed by atoms with Gasteiger partial charge >= 0.3 is 0 Å². The molecule has 98 valence electrons. The first-order valence-electron chi connectivity index (χ1n) is 5.31. The molecule has 0 radical (unpaired) electrons. The Hall–Kier alpha value is -2.27. The van der Waals surface area contributed by atoms with Gasteiger partial charge in [-0.2, -0.15) is 0 Å². The van der Waals surface area contributed by atoms with E-state index < -0.39 is 5.82 Å². The summed E-state index contributed by atoms with van der Waals surface area (Å²) in [7, 11) is 0. The van der Waals surface area contributed by atoms with Crippen LogP contribution in [0.4, 0.5) is 4.39 Å². The van der Waals surface area contributed by atoms with Gasteiger partial charge in [-0.15, -0.1) is 0 Å². The highest BCUT2D eigenvalue weighted by molar-refractivity contribution is 6.30. The lowest BCUT2D eigenvalue weighted by molar-refractivity contribution is 0.318. The number of oxime groups is 1. The monoisotopic (exact) mass is 280 g/mol. The molecule has 3 N–H and O–H groups in total. The first kappa shape index (κ1) is 13.2. The van der Waals surface area contributed by atoms with Crippen molar-refractivity contribution >= 4 is 17.4 Å². The van der Waals surface area contributed by atoms with Crippen LogP contribution in [0.3, 0.4) is 0 Å². The Balaban J connectivity index is 2.41. The number of nitrogens with two attached hydrogens (primary N) is 1. The summed E-state index contributed by atoms with van der Waals surface area (Å²) in [4.78, 5) is 0. The minimum atomic E-state index is -0.426. The van der Waals surface area contributed by atoms with Crippen LogP contribution in [0.25, 0.3) is 0 Å². The van der Waals surface area contributed by atoms with Crippen LogP contribution < -0.4 is 10.5 Å². The van der Waals surface area contributed by atoms with E-state index in [1.807, 2.05) is 0 Å². The minimum absolute atomic E-state index is 0.122. The van der Waals surface area contributed by atoms with Crippen molar-refractivity contribution in [2.24, 2.45) is 10.9 Å². The molecule has 0 spiro atoms. The van der Waals surface area contributed by atoms with Gasteiger partial charge in [0.25, 0.3) is 0 Å². The van der Waals surface area contributed by atoms with E-state index in [1.54, 1.807) is 18.2 Å². The highest BCUT2D eigenvalue weighted by Gasteiger charge is 2.10. The van der Waals surface area contributed by atoms with Gasteiger partial charge in [0, 0.05) is 17.2 Å². The van der Waals surface area contributed by atoms with Crippen molar-refractivity contribution in [3.05, 3.63) is 58.9 Å². The Bertz CT molecular complexity index is 632. The van der Waals surface area contributed by atoms with Crippen LogP contribution in [-0.4, -0.2) is 11.0 Å². The summed E-state index contributed by atoms with van der Waals surface area (Å²) in [6.07, 6.45) is 0. The molecular weight excluding hydrogens is 271 g/mol. The molecule has 0 heterocycles. The standard InChI is InChI=1S/C13H10ClFN2O2/c14-8-4-5-11(13(16)17-18)12(6-8)19-10-3-1-2-9(15)7-10/h1-7,18H,(H2,16,17). The Morgan fingerprint density at radius 2 is 2.05 bits per heavy atom. The molecule has 6 heteroatoms. The van der Waals surface area contributed by atoms with Crippen molar-refractivity contribution in [2.75, 3.05) is 0 Å². The van der Waals surface area contributed by atoms with Crippen LogP contribution in [0.2, 0.25) is 5.02 Å². The van der Waals surface area contributed by atoms with E-state index in [4.69, 9.17) is 27.3 Å². The zero-order valence-corrected chi connectivity index (χ0v) is 10.4. The summed E-state index contributed by atoms with van der Waals surface area (Å²) in [5.41, 5.74) is 5.89. The maximum atomic E-state index is 13.1. The Morgan fingerprint density at radius 1 is 1.26 bits per heavy atom. The average molecular weight is 281 g/mol. The third-order valence-electron chi connectivity index (χ3n) is 2.35. The van der Waals surface area contributed by atoms with E-state index in [-0.39, 0.29) is 17.3 Å². The van der Waals surface area contributed by atoms with Gasteiger partial charge in [-0.3, -0.25) is 0 Å². The zero-order valence-electron chi connectivity index (χ0n) is 9.68. The zero-order chi connectivity index (χ0) is 13.8. The predicted molar refractivity (Wildman–Crippen MR) is 70.4 cm³/mol. The molecule has 0 atom stereocenters. The molecule has 0 unspecified atom stereocenters. The molecule has 4 nitrogen and oxygen atoms in total. The molecule has 2 aromatic rings. The molecule has 2 aromatic carbocycles. The summed E-state index contributed by atoms with van der Waals surface area (Å²) in [5.74, 6) is 0.00982. The smallest absolute Gasteiger partial charge is 0.173 e. The van der Waals surface area contributed by atoms with Gasteiger partial charge in [0.2, 0.25) is 0 Å². The van der Waals surface area contributed by atoms with Crippen LogP contribution in [0.15, 0.2) is 47.6 Å².